The summed E-state index contributed by atoms with van der Waals surface area (Å²) in [6.07, 6.45) is 0.761. The number of benzene rings is 1. The highest BCUT2D eigenvalue weighted by Crippen LogP contribution is 2.39. The van der Waals surface area contributed by atoms with Crippen molar-refractivity contribution < 1.29 is 28.6 Å². The Hall–Kier alpha value is -3.30. The second-order valence-electron chi connectivity index (χ2n) is 8.53. The van der Waals surface area contributed by atoms with Crippen LogP contribution in [0.4, 0.5) is 14.9 Å². The van der Waals surface area contributed by atoms with Crippen molar-refractivity contribution >= 4 is 28.7 Å². The Morgan fingerprint density at radius 3 is 2.71 bits per heavy atom. The lowest BCUT2D eigenvalue weighted by Gasteiger charge is -2.29. The van der Waals surface area contributed by atoms with Crippen LogP contribution in [-0.2, 0) is 4.74 Å². The summed E-state index contributed by atoms with van der Waals surface area (Å²) in [5.41, 5.74) is -1.44. The molecule has 0 aliphatic carbocycles. The first kappa shape index (κ1) is 22.4. The van der Waals surface area contributed by atoms with Crippen LogP contribution in [0.3, 0.4) is 0 Å². The molecule has 0 saturated heterocycles. The number of carbonyl (C=O) groups is 2. The van der Waals surface area contributed by atoms with Crippen molar-refractivity contribution in [2.24, 2.45) is 0 Å². The van der Waals surface area contributed by atoms with E-state index in [0.29, 0.717) is 5.52 Å². The Labute approximate surface area is 178 Å². The molecule has 10 heteroatoms. The molecule has 2 N–H and O–H groups in total. The Morgan fingerprint density at radius 2 is 2.10 bits per heavy atom. The number of ether oxygens (including phenoxy) is 2. The van der Waals surface area contributed by atoms with Crippen LogP contribution in [0.15, 0.2) is 17.1 Å². The average Bonchev–Trinajstić information content (AvgIpc) is 2.65. The maximum absolute atomic E-state index is 14.9. The summed E-state index contributed by atoms with van der Waals surface area (Å²) >= 11 is 0. The van der Waals surface area contributed by atoms with Crippen LogP contribution in [0.5, 0.6) is 5.75 Å². The third-order valence-corrected chi connectivity index (χ3v) is 4.85. The minimum absolute atomic E-state index is 0.0493. The first-order valence-corrected chi connectivity index (χ1v) is 9.86. The predicted octanol–water partition coefficient (Wildman–Crippen LogP) is 3.07. The topological polar surface area (TPSA) is 110 Å². The second kappa shape index (κ2) is 8.09. The van der Waals surface area contributed by atoms with Crippen molar-refractivity contribution in [3.8, 4) is 5.75 Å². The number of amides is 1. The number of likely N-dealkylation sites (N-methyl/N-ethyl adjacent to an activating group) is 1. The van der Waals surface area contributed by atoms with Crippen LogP contribution < -0.4 is 15.5 Å². The highest BCUT2D eigenvalue weighted by atomic mass is 19.1. The summed E-state index contributed by atoms with van der Waals surface area (Å²) in [5, 5.41) is 12.2. The number of anilines is 1. The van der Waals surface area contributed by atoms with Crippen LogP contribution in [0.2, 0.25) is 0 Å². The van der Waals surface area contributed by atoms with Crippen molar-refractivity contribution in [3.63, 3.8) is 0 Å². The number of carbonyl (C=O) groups excluding carboxylic acids is 1. The van der Waals surface area contributed by atoms with Crippen molar-refractivity contribution in [1.82, 2.24) is 9.47 Å². The number of carboxylic acids is 1. The summed E-state index contributed by atoms with van der Waals surface area (Å²) in [6.45, 7) is 7.71. The summed E-state index contributed by atoms with van der Waals surface area (Å²) in [7, 11) is 1.57. The largest absolute Gasteiger partial charge is 0.487 e. The maximum atomic E-state index is 14.9. The van der Waals surface area contributed by atoms with Gasteiger partial charge in [0, 0.05) is 26.3 Å². The van der Waals surface area contributed by atoms with Gasteiger partial charge < -0.3 is 29.4 Å². The fourth-order valence-electron chi connectivity index (χ4n) is 3.32. The first-order valence-electron chi connectivity index (χ1n) is 9.86. The van der Waals surface area contributed by atoms with Crippen LogP contribution in [-0.4, -0.2) is 59.0 Å². The quantitative estimate of drug-likeness (QED) is 0.743. The number of aromatic carboxylic acids is 1. The van der Waals surface area contributed by atoms with Gasteiger partial charge in [-0.15, -0.1) is 0 Å². The van der Waals surface area contributed by atoms with E-state index in [0.717, 1.165) is 6.07 Å². The van der Waals surface area contributed by atoms with Gasteiger partial charge in [0.2, 0.25) is 5.43 Å². The fourth-order valence-corrected chi connectivity index (χ4v) is 3.32. The number of rotatable bonds is 5. The number of hydrogen-bond acceptors (Lipinski definition) is 6. The highest BCUT2D eigenvalue weighted by Gasteiger charge is 2.28. The van der Waals surface area contributed by atoms with Gasteiger partial charge in [0.15, 0.2) is 11.6 Å². The molecule has 31 heavy (non-hydrogen) atoms. The molecule has 168 valence electrons. The van der Waals surface area contributed by atoms with Gasteiger partial charge in [0.25, 0.3) is 0 Å². The van der Waals surface area contributed by atoms with Crippen LogP contribution in [0.25, 0.3) is 10.9 Å². The number of hydrogen-bond donors (Lipinski definition) is 2. The molecule has 1 aromatic heterocycles. The average molecular weight is 435 g/mol. The third-order valence-electron chi connectivity index (χ3n) is 4.85. The zero-order valence-electron chi connectivity index (χ0n) is 18.1. The van der Waals surface area contributed by atoms with Gasteiger partial charge in [0.1, 0.15) is 23.5 Å². The van der Waals surface area contributed by atoms with Gasteiger partial charge in [-0.1, -0.05) is 0 Å². The lowest BCUT2D eigenvalue weighted by Crippen LogP contribution is -2.36. The van der Waals surface area contributed by atoms with E-state index in [1.54, 1.807) is 32.4 Å². The van der Waals surface area contributed by atoms with E-state index in [1.165, 1.54) is 11.1 Å². The van der Waals surface area contributed by atoms with E-state index in [-0.39, 0.29) is 42.6 Å². The maximum Gasteiger partial charge on any atom is 0.410 e. The molecule has 0 unspecified atom stereocenters. The van der Waals surface area contributed by atoms with Crippen molar-refractivity contribution in [2.75, 3.05) is 32.1 Å². The molecule has 0 radical (unpaired) electrons. The van der Waals surface area contributed by atoms with Gasteiger partial charge in [0.05, 0.1) is 16.9 Å². The SMILES string of the molecule is C[C@H]1COc2c(NCCN(C)C(=O)OC(C)(C)C)c(F)cc3c(=O)c(C(=O)O)cn1c23. The first-order chi connectivity index (χ1) is 14.4. The monoisotopic (exact) mass is 435 g/mol. The molecule has 1 aliphatic rings. The zero-order chi connectivity index (χ0) is 23.1. The molecule has 9 nitrogen and oxygen atoms in total. The smallest absolute Gasteiger partial charge is 0.410 e. The molecular weight excluding hydrogens is 409 g/mol. The van der Waals surface area contributed by atoms with Gasteiger partial charge >= 0.3 is 12.1 Å². The fraction of sp³-hybridized carbons (Fsp3) is 0.476. The molecule has 0 spiro atoms. The molecule has 0 fully saturated rings. The molecule has 1 aromatic carbocycles. The molecule has 1 atom stereocenters. The van der Waals surface area contributed by atoms with E-state index in [9.17, 15) is 23.9 Å². The van der Waals surface area contributed by atoms with Crippen LogP contribution >= 0.6 is 0 Å². The van der Waals surface area contributed by atoms with E-state index in [1.807, 2.05) is 6.92 Å². The number of halogens is 1. The summed E-state index contributed by atoms with van der Waals surface area (Å²) < 4.78 is 27.5. The third kappa shape index (κ3) is 4.42. The number of pyridine rings is 1. The summed E-state index contributed by atoms with van der Waals surface area (Å²) in [5.74, 6) is -1.98. The standard InChI is InChI=1S/C21H26FN3O6/c1-11-10-30-18-15(23-6-7-24(5)20(29)31-21(2,3)4)14(22)8-12-16(18)25(11)9-13(17(12)26)19(27)28/h8-9,11,23H,6-7,10H2,1-5H3,(H,27,28)/t11-/m0/s1. The van der Waals surface area contributed by atoms with Gasteiger partial charge in [-0.2, -0.15) is 0 Å². The van der Waals surface area contributed by atoms with Crippen molar-refractivity contribution in [2.45, 2.75) is 39.3 Å². The Bertz CT molecular complexity index is 1110. The van der Waals surface area contributed by atoms with Gasteiger partial charge in [-0.25, -0.2) is 14.0 Å². The predicted molar refractivity (Wildman–Crippen MR) is 113 cm³/mol. The van der Waals surface area contributed by atoms with E-state index < -0.39 is 34.5 Å². The van der Waals surface area contributed by atoms with E-state index in [2.05, 4.69) is 5.32 Å². The van der Waals surface area contributed by atoms with Crippen molar-refractivity contribution in [3.05, 3.63) is 33.9 Å². The molecule has 0 bridgehead atoms. The molecule has 2 aromatic rings. The zero-order valence-corrected chi connectivity index (χ0v) is 18.1. The Morgan fingerprint density at radius 1 is 1.42 bits per heavy atom. The van der Waals surface area contributed by atoms with Crippen LogP contribution in [0, 0.1) is 5.82 Å². The molecular formula is C21H26FN3O6. The molecule has 1 amide bonds. The molecule has 1 aliphatic heterocycles. The molecule has 3 rings (SSSR count). The van der Waals surface area contributed by atoms with E-state index in [4.69, 9.17) is 9.47 Å². The highest BCUT2D eigenvalue weighted by molar-refractivity contribution is 5.97. The lowest BCUT2D eigenvalue weighted by atomic mass is 10.1. The Kier molecular flexibility index (Phi) is 5.84. The Balaban J connectivity index is 1.92. The van der Waals surface area contributed by atoms with Crippen LogP contribution in [0.1, 0.15) is 44.1 Å². The van der Waals surface area contributed by atoms with Gasteiger partial charge in [-0.05, 0) is 33.8 Å². The van der Waals surface area contributed by atoms with Gasteiger partial charge in [-0.3, -0.25) is 4.79 Å². The molecule has 0 saturated carbocycles. The van der Waals surface area contributed by atoms with Crippen molar-refractivity contribution in [1.29, 1.82) is 0 Å². The second-order valence-corrected chi connectivity index (χ2v) is 8.53. The minimum Gasteiger partial charge on any atom is -0.487 e. The minimum atomic E-state index is -1.37. The van der Waals surface area contributed by atoms with E-state index >= 15 is 0 Å². The number of nitrogens with zero attached hydrogens (tertiary/aromatic N) is 2. The normalized spacial score (nSPS) is 15.4. The summed E-state index contributed by atoms with van der Waals surface area (Å²) in [4.78, 5) is 37.5. The number of nitrogens with one attached hydrogen (secondary N) is 1. The number of aromatic nitrogens is 1. The summed E-state index contributed by atoms with van der Waals surface area (Å²) in [6, 6.07) is 0.774. The number of carboxylic acid groups (broad SMARTS) is 1. The lowest BCUT2D eigenvalue weighted by molar-refractivity contribution is 0.0305. The molecule has 2 heterocycles.